The molecule has 4 saturated heterocycles. The molecule has 0 aromatic heterocycles. The fourth-order valence-corrected chi connectivity index (χ4v) is 8.57. The van der Waals surface area contributed by atoms with Crippen molar-refractivity contribution in [2.24, 2.45) is 17.8 Å². The maximum atomic E-state index is 14.2. The second-order valence-electron chi connectivity index (χ2n) is 11.6. The van der Waals surface area contributed by atoms with Crippen LogP contribution in [-0.4, -0.2) is 84.4 Å². The van der Waals surface area contributed by atoms with Crippen molar-refractivity contribution < 1.29 is 31.3 Å². The van der Waals surface area contributed by atoms with Gasteiger partial charge in [0.25, 0.3) is 0 Å². The van der Waals surface area contributed by atoms with E-state index in [4.69, 9.17) is 0 Å². The minimum Gasteiger partial charge on any atom is -0.342 e. The van der Waals surface area contributed by atoms with E-state index in [9.17, 15) is 31.3 Å². The number of amides is 1. The molecule has 0 saturated carbocycles. The summed E-state index contributed by atoms with van der Waals surface area (Å²) in [6, 6.07) is 3.61. The Morgan fingerprint density at radius 1 is 0.897 bits per heavy atom. The Morgan fingerprint density at radius 2 is 1.49 bits per heavy atom. The van der Waals surface area contributed by atoms with Crippen LogP contribution in [0.1, 0.15) is 56.9 Å². The third-order valence-corrected chi connectivity index (χ3v) is 11.2. The molecule has 8 nitrogen and oxygen atoms in total. The Kier molecular flexibility index (Phi) is 7.98. The lowest BCUT2D eigenvalue weighted by atomic mass is 9.74. The highest BCUT2D eigenvalue weighted by Gasteiger charge is 2.71. The number of hydrazine groups is 1. The van der Waals surface area contributed by atoms with Crippen molar-refractivity contribution in [3.05, 3.63) is 34.7 Å². The van der Waals surface area contributed by atoms with Crippen molar-refractivity contribution in [2.75, 3.05) is 32.7 Å². The SMILES string of the molecule is Cc1ccc(S(=O)(=O)N2CCC(C3CCN4C(C3)C(C(=O)N3CCCCCC3)C(C(F)(F)F)[N+]4=O)CC2)cc1. The highest BCUT2D eigenvalue weighted by Crippen LogP contribution is 2.46. The van der Waals surface area contributed by atoms with E-state index < -0.39 is 40.1 Å². The Hall–Kier alpha value is -2.21. The van der Waals surface area contributed by atoms with Crippen LogP contribution in [0.3, 0.4) is 0 Å². The van der Waals surface area contributed by atoms with Crippen LogP contribution in [0, 0.1) is 29.6 Å². The van der Waals surface area contributed by atoms with Gasteiger partial charge in [-0.3, -0.25) is 4.79 Å². The molecule has 12 heteroatoms. The van der Waals surface area contributed by atoms with Crippen LogP contribution in [-0.2, 0) is 14.8 Å². The average molecular weight is 572 g/mol. The Morgan fingerprint density at radius 3 is 2.08 bits per heavy atom. The van der Waals surface area contributed by atoms with E-state index in [0.29, 0.717) is 51.9 Å². The maximum absolute atomic E-state index is 14.2. The number of nitroso groups, excluding NO2 is 1. The van der Waals surface area contributed by atoms with Crippen LogP contribution in [0.4, 0.5) is 13.2 Å². The van der Waals surface area contributed by atoms with Crippen LogP contribution in [0.15, 0.2) is 29.2 Å². The molecule has 0 N–H and O–H groups in total. The van der Waals surface area contributed by atoms with Crippen molar-refractivity contribution in [1.82, 2.24) is 14.2 Å². The van der Waals surface area contributed by atoms with E-state index in [1.54, 1.807) is 29.2 Å². The minimum atomic E-state index is -4.81. The van der Waals surface area contributed by atoms with Gasteiger partial charge in [0, 0.05) is 26.2 Å². The Balaban J connectivity index is 1.30. The number of halogens is 3. The summed E-state index contributed by atoms with van der Waals surface area (Å²) < 4.78 is 70.3. The van der Waals surface area contributed by atoms with Gasteiger partial charge >= 0.3 is 12.2 Å². The number of carbonyl (C=O) groups excluding carboxylic acids is 1. The van der Waals surface area contributed by atoms with Crippen molar-refractivity contribution in [3.8, 4) is 0 Å². The standard InChI is InChI=1S/C27H38F3N4O4S/c1-19-6-8-22(9-7-19)39(37,38)32-15-10-20(11-16-32)21-12-17-33-23(18-21)24(25(34(33)36)27(28,29)30)26(35)31-13-4-2-3-5-14-31/h6-9,20-21,23-25H,2-5,10-18H2,1H3/q+1. The largest absolute Gasteiger partial charge is 0.460 e. The van der Waals surface area contributed by atoms with Gasteiger partial charge in [0.15, 0.2) is 0 Å². The molecule has 4 unspecified atom stereocenters. The Labute approximate surface area is 228 Å². The highest BCUT2D eigenvalue weighted by atomic mass is 32.2. The first kappa shape index (κ1) is 28.3. The van der Waals surface area contributed by atoms with Crippen LogP contribution >= 0.6 is 0 Å². The maximum Gasteiger partial charge on any atom is 0.460 e. The number of hydrogen-bond acceptors (Lipinski definition) is 4. The molecule has 4 atom stereocenters. The molecule has 5 rings (SSSR count). The lowest BCUT2D eigenvalue weighted by Gasteiger charge is -2.40. The molecule has 0 radical (unpaired) electrons. The minimum absolute atomic E-state index is 0.0373. The van der Waals surface area contributed by atoms with Crippen molar-refractivity contribution in [3.63, 3.8) is 0 Å². The lowest BCUT2D eigenvalue weighted by Crippen LogP contribution is -2.50. The molecule has 1 aromatic rings. The number of alkyl halides is 3. The first-order chi connectivity index (χ1) is 18.5. The Bertz CT molecular complexity index is 1160. The lowest BCUT2D eigenvalue weighted by molar-refractivity contribution is -0.735. The molecule has 1 amide bonds. The fourth-order valence-electron chi connectivity index (χ4n) is 7.10. The van der Waals surface area contributed by atoms with Gasteiger partial charge in [0.1, 0.15) is 16.8 Å². The van der Waals surface area contributed by atoms with E-state index in [0.717, 1.165) is 31.2 Å². The smallest absolute Gasteiger partial charge is 0.342 e. The number of fused-ring (bicyclic) bond motifs is 1. The summed E-state index contributed by atoms with van der Waals surface area (Å²) in [5.41, 5.74) is 0.975. The van der Waals surface area contributed by atoms with Crippen molar-refractivity contribution >= 4 is 15.9 Å². The molecule has 216 valence electrons. The second kappa shape index (κ2) is 11.0. The molecular weight excluding hydrogens is 533 g/mol. The number of benzene rings is 1. The molecule has 1 aromatic carbocycles. The predicted molar refractivity (Wildman–Crippen MR) is 138 cm³/mol. The van der Waals surface area contributed by atoms with Gasteiger partial charge in [0.05, 0.1) is 16.3 Å². The van der Waals surface area contributed by atoms with Gasteiger partial charge in [0.2, 0.25) is 15.9 Å². The summed E-state index contributed by atoms with van der Waals surface area (Å²) in [5.74, 6) is -1.82. The number of sulfonamides is 1. The van der Waals surface area contributed by atoms with Gasteiger partial charge in [-0.15, -0.1) is 5.01 Å². The summed E-state index contributed by atoms with van der Waals surface area (Å²) >= 11 is 0. The van der Waals surface area contributed by atoms with Crippen LogP contribution in [0.25, 0.3) is 0 Å². The molecular formula is C27H38F3N4O4S+. The highest BCUT2D eigenvalue weighted by molar-refractivity contribution is 7.89. The van der Waals surface area contributed by atoms with Gasteiger partial charge in [-0.2, -0.15) is 17.5 Å². The summed E-state index contributed by atoms with van der Waals surface area (Å²) in [4.78, 5) is 28.3. The predicted octanol–water partition coefficient (Wildman–Crippen LogP) is 4.13. The molecule has 4 heterocycles. The number of carbonyl (C=O) groups is 1. The number of nitrogens with zero attached hydrogens (tertiary/aromatic N) is 4. The van der Waals surface area contributed by atoms with E-state index in [1.165, 1.54) is 9.31 Å². The number of rotatable bonds is 4. The fraction of sp³-hybridized carbons (Fsp3) is 0.741. The van der Waals surface area contributed by atoms with Crippen LogP contribution < -0.4 is 0 Å². The summed E-state index contributed by atoms with van der Waals surface area (Å²) in [7, 11) is -3.61. The van der Waals surface area contributed by atoms with Crippen molar-refractivity contribution in [2.45, 2.75) is 81.4 Å². The summed E-state index contributed by atoms with van der Waals surface area (Å²) in [6.07, 6.45) is 0.714. The van der Waals surface area contributed by atoms with E-state index in [1.807, 2.05) is 6.92 Å². The van der Waals surface area contributed by atoms with Crippen LogP contribution in [0.5, 0.6) is 0 Å². The molecule has 0 aliphatic carbocycles. The van der Waals surface area contributed by atoms with E-state index in [-0.39, 0.29) is 28.1 Å². The monoisotopic (exact) mass is 571 g/mol. The molecule has 4 aliphatic rings. The summed E-state index contributed by atoms with van der Waals surface area (Å²) in [6.45, 7) is 3.64. The number of likely N-dealkylation sites (tertiary alicyclic amines) is 1. The molecule has 0 bridgehead atoms. The third-order valence-electron chi connectivity index (χ3n) is 9.26. The summed E-state index contributed by atoms with van der Waals surface area (Å²) in [5, 5.41) is 1.24. The first-order valence-electron chi connectivity index (χ1n) is 14.1. The molecule has 39 heavy (non-hydrogen) atoms. The zero-order chi connectivity index (χ0) is 27.9. The normalized spacial score (nSPS) is 29.8. The quantitative estimate of drug-likeness (QED) is 0.508. The number of piperidine rings is 2. The van der Waals surface area contributed by atoms with E-state index >= 15 is 0 Å². The van der Waals surface area contributed by atoms with Crippen molar-refractivity contribution in [1.29, 1.82) is 0 Å². The second-order valence-corrected chi connectivity index (χ2v) is 13.6. The number of hydrogen-bond donors (Lipinski definition) is 0. The van der Waals surface area contributed by atoms with Gasteiger partial charge in [-0.1, -0.05) is 30.5 Å². The topological polar surface area (TPSA) is 81.0 Å². The van der Waals surface area contributed by atoms with Gasteiger partial charge < -0.3 is 4.90 Å². The van der Waals surface area contributed by atoms with Gasteiger partial charge in [-0.25, -0.2) is 8.42 Å². The number of aryl methyl sites for hydroxylation is 1. The van der Waals surface area contributed by atoms with Gasteiger partial charge in [-0.05, 0) is 69.4 Å². The molecule has 4 aliphatic heterocycles. The third kappa shape index (κ3) is 5.55. The zero-order valence-electron chi connectivity index (χ0n) is 22.4. The van der Waals surface area contributed by atoms with Crippen LogP contribution in [0.2, 0.25) is 0 Å². The first-order valence-corrected chi connectivity index (χ1v) is 15.6. The molecule has 4 fully saturated rings. The zero-order valence-corrected chi connectivity index (χ0v) is 23.2. The molecule has 0 spiro atoms. The average Bonchev–Trinajstić information content (AvgIpc) is 3.04. The van der Waals surface area contributed by atoms with E-state index in [2.05, 4.69) is 0 Å².